The fourth-order valence-electron chi connectivity index (χ4n) is 2.79. The smallest absolute Gasteiger partial charge is 0.251 e. The molecule has 0 aliphatic heterocycles. The van der Waals surface area contributed by atoms with Gasteiger partial charge in [-0.1, -0.05) is 79.7 Å². The van der Waals surface area contributed by atoms with Gasteiger partial charge < -0.3 is 5.32 Å². The van der Waals surface area contributed by atoms with Crippen LogP contribution < -0.4 is 5.32 Å². The Morgan fingerprint density at radius 2 is 1.33 bits per heavy atom. The minimum Gasteiger partial charge on any atom is -0.345 e. The van der Waals surface area contributed by atoms with Gasteiger partial charge in [-0.05, 0) is 35.2 Å². The average molecular weight is 315 g/mol. The van der Waals surface area contributed by atoms with Crippen molar-refractivity contribution in [3.63, 3.8) is 0 Å². The van der Waals surface area contributed by atoms with Crippen LogP contribution in [0.5, 0.6) is 0 Å². The van der Waals surface area contributed by atoms with Gasteiger partial charge in [0.1, 0.15) is 0 Å². The fraction of sp³-hybridized carbons (Fsp3) is 0.136. The summed E-state index contributed by atoms with van der Waals surface area (Å²) < 4.78 is 0. The molecule has 0 aliphatic carbocycles. The lowest BCUT2D eigenvalue weighted by atomic mass is 10.0. The van der Waals surface area contributed by atoms with Crippen LogP contribution in [0.2, 0.25) is 0 Å². The zero-order valence-corrected chi connectivity index (χ0v) is 13.8. The highest BCUT2D eigenvalue weighted by molar-refractivity contribution is 5.95. The van der Waals surface area contributed by atoms with Crippen molar-refractivity contribution >= 4 is 5.91 Å². The van der Waals surface area contributed by atoms with Gasteiger partial charge in [-0.25, -0.2) is 0 Å². The van der Waals surface area contributed by atoms with Gasteiger partial charge >= 0.3 is 0 Å². The van der Waals surface area contributed by atoms with Crippen molar-refractivity contribution in [2.45, 2.75) is 19.4 Å². The van der Waals surface area contributed by atoms with E-state index in [4.69, 9.17) is 0 Å². The van der Waals surface area contributed by atoms with E-state index >= 15 is 0 Å². The Morgan fingerprint density at radius 1 is 0.792 bits per heavy atom. The normalized spacial score (nSPS) is 11.7. The summed E-state index contributed by atoms with van der Waals surface area (Å²) in [6.45, 7) is 2.08. The summed E-state index contributed by atoms with van der Waals surface area (Å²) in [6.07, 6.45) is 0.859. The van der Waals surface area contributed by atoms with Crippen molar-refractivity contribution in [1.29, 1.82) is 0 Å². The first-order valence-electron chi connectivity index (χ1n) is 8.29. The molecule has 0 fully saturated rings. The molecule has 3 rings (SSSR count). The SMILES string of the molecule is CC[C@H](NC(=O)c1ccc(-c2ccccc2)cc1)c1ccccc1. The van der Waals surface area contributed by atoms with E-state index in [2.05, 4.69) is 24.4 Å². The molecule has 1 amide bonds. The van der Waals surface area contributed by atoms with Gasteiger partial charge in [0.2, 0.25) is 0 Å². The van der Waals surface area contributed by atoms with Crippen molar-refractivity contribution in [2.75, 3.05) is 0 Å². The number of carbonyl (C=O) groups is 1. The standard InChI is InChI=1S/C22H21NO/c1-2-21(19-11-7-4-8-12-19)23-22(24)20-15-13-18(14-16-20)17-9-5-3-6-10-17/h3-16,21H,2H2,1H3,(H,23,24)/t21-/m0/s1. The van der Waals surface area contributed by atoms with Crippen LogP contribution in [0, 0.1) is 0 Å². The maximum Gasteiger partial charge on any atom is 0.251 e. The van der Waals surface area contributed by atoms with Crippen LogP contribution in [0.3, 0.4) is 0 Å². The molecule has 3 aromatic carbocycles. The summed E-state index contributed by atoms with van der Waals surface area (Å²) in [5.41, 5.74) is 4.08. The molecule has 1 N–H and O–H groups in total. The molecular formula is C22H21NO. The first kappa shape index (κ1) is 16.0. The Labute approximate surface area is 143 Å². The predicted molar refractivity (Wildman–Crippen MR) is 98.8 cm³/mol. The van der Waals surface area contributed by atoms with Gasteiger partial charge in [0.15, 0.2) is 0 Å². The minimum absolute atomic E-state index is 0.0347. The van der Waals surface area contributed by atoms with Crippen molar-refractivity contribution in [2.24, 2.45) is 0 Å². The van der Waals surface area contributed by atoms with Crippen LogP contribution in [0.15, 0.2) is 84.9 Å². The lowest BCUT2D eigenvalue weighted by Crippen LogP contribution is -2.28. The maximum absolute atomic E-state index is 12.5. The molecule has 0 radical (unpaired) electrons. The van der Waals surface area contributed by atoms with Gasteiger partial charge in [0.25, 0.3) is 5.91 Å². The lowest BCUT2D eigenvalue weighted by Gasteiger charge is -2.17. The Balaban J connectivity index is 1.73. The third kappa shape index (κ3) is 3.72. The summed E-state index contributed by atoms with van der Waals surface area (Å²) in [5, 5.41) is 3.12. The number of nitrogens with one attached hydrogen (secondary N) is 1. The topological polar surface area (TPSA) is 29.1 Å². The molecule has 3 aromatic rings. The largest absolute Gasteiger partial charge is 0.345 e. The molecule has 0 saturated carbocycles. The molecule has 24 heavy (non-hydrogen) atoms. The molecule has 1 atom stereocenters. The van der Waals surface area contributed by atoms with E-state index in [-0.39, 0.29) is 11.9 Å². The molecular weight excluding hydrogens is 294 g/mol. The number of amides is 1. The van der Waals surface area contributed by atoms with Crippen molar-refractivity contribution in [3.05, 3.63) is 96.1 Å². The van der Waals surface area contributed by atoms with Gasteiger partial charge in [-0.2, -0.15) is 0 Å². The molecule has 2 nitrogen and oxygen atoms in total. The molecule has 2 heteroatoms. The maximum atomic E-state index is 12.5. The molecule has 0 aliphatic rings. The zero-order chi connectivity index (χ0) is 16.8. The van der Waals surface area contributed by atoms with Crippen LogP contribution in [-0.4, -0.2) is 5.91 Å². The van der Waals surface area contributed by atoms with Crippen LogP contribution in [0.25, 0.3) is 11.1 Å². The van der Waals surface area contributed by atoms with Gasteiger partial charge in [0.05, 0.1) is 6.04 Å². The first-order chi connectivity index (χ1) is 11.8. The van der Waals surface area contributed by atoms with Crippen LogP contribution in [0.4, 0.5) is 0 Å². The molecule has 120 valence electrons. The first-order valence-corrected chi connectivity index (χ1v) is 8.29. The Bertz CT molecular complexity index is 779. The quantitative estimate of drug-likeness (QED) is 0.686. The summed E-state index contributed by atoms with van der Waals surface area (Å²) in [6, 6.07) is 28.0. The Kier molecular flexibility index (Phi) is 5.07. The van der Waals surface area contributed by atoms with Crippen molar-refractivity contribution in [1.82, 2.24) is 5.32 Å². The second-order valence-corrected chi connectivity index (χ2v) is 5.79. The average Bonchev–Trinajstić information content (AvgIpc) is 2.67. The number of benzene rings is 3. The molecule has 0 bridgehead atoms. The highest BCUT2D eigenvalue weighted by Crippen LogP contribution is 2.20. The van der Waals surface area contributed by atoms with E-state index in [1.165, 1.54) is 0 Å². The summed E-state index contributed by atoms with van der Waals surface area (Å²) >= 11 is 0. The number of hydrogen-bond donors (Lipinski definition) is 1. The third-order valence-electron chi connectivity index (χ3n) is 4.17. The molecule has 0 saturated heterocycles. The van der Waals surface area contributed by atoms with Gasteiger partial charge in [-0.3, -0.25) is 4.79 Å². The molecule has 0 heterocycles. The second kappa shape index (κ2) is 7.60. The minimum atomic E-state index is -0.0367. The van der Waals surface area contributed by atoms with E-state index in [0.717, 1.165) is 23.1 Å². The zero-order valence-electron chi connectivity index (χ0n) is 13.8. The molecule has 0 unspecified atom stereocenters. The van der Waals surface area contributed by atoms with Crippen LogP contribution in [-0.2, 0) is 0 Å². The summed E-state index contributed by atoms with van der Waals surface area (Å²) in [4.78, 5) is 12.5. The number of carbonyl (C=O) groups excluding carboxylic acids is 1. The van der Waals surface area contributed by atoms with Crippen LogP contribution >= 0.6 is 0 Å². The van der Waals surface area contributed by atoms with Crippen LogP contribution in [0.1, 0.15) is 35.3 Å². The number of hydrogen-bond acceptors (Lipinski definition) is 1. The monoisotopic (exact) mass is 315 g/mol. The highest BCUT2D eigenvalue weighted by atomic mass is 16.1. The fourth-order valence-corrected chi connectivity index (χ4v) is 2.79. The molecule has 0 aromatic heterocycles. The summed E-state index contributed by atoms with van der Waals surface area (Å²) in [5.74, 6) is -0.0367. The van der Waals surface area contributed by atoms with E-state index in [0.29, 0.717) is 5.56 Å². The Hall–Kier alpha value is -2.87. The van der Waals surface area contributed by atoms with E-state index < -0.39 is 0 Å². The van der Waals surface area contributed by atoms with Gasteiger partial charge in [0, 0.05) is 5.56 Å². The second-order valence-electron chi connectivity index (χ2n) is 5.79. The number of rotatable bonds is 5. The van der Waals surface area contributed by atoms with E-state index in [1.807, 2.05) is 72.8 Å². The van der Waals surface area contributed by atoms with Gasteiger partial charge in [-0.15, -0.1) is 0 Å². The van der Waals surface area contributed by atoms with E-state index in [9.17, 15) is 4.79 Å². The Morgan fingerprint density at radius 3 is 1.92 bits per heavy atom. The van der Waals surface area contributed by atoms with Crippen molar-refractivity contribution in [3.8, 4) is 11.1 Å². The molecule has 0 spiro atoms. The summed E-state index contributed by atoms with van der Waals surface area (Å²) in [7, 11) is 0. The lowest BCUT2D eigenvalue weighted by molar-refractivity contribution is 0.0935. The predicted octanol–water partition coefficient (Wildman–Crippen LogP) is 5.23. The van der Waals surface area contributed by atoms with Crippen molar-refractivity contribution < 1.29 is 4.79 Å². The third-order valence-corrected chi connectivity index (χ3v) is 4.17. The highest BCUT2D eigenvalue weighted by Gasteiger charge is 2.13. The van der Waals surface area contributed by atoms with E-state index in [1.54, 1.807) is 0 Å².